The summed E-state index contributed by atoms with van der Waals surface area (Å²) < 4.78 is 18.3. The van der Waals surface area contributed by atoms with E-state index in [2.05, 4.69) is 38.1 Å². The first-order valence-corrected chi connectivity index (χ1v) is 31.2. The number of aromatic nitrogens is 2. The molecule has 4 heteroatoms. The van der Waals surface area contributed by atoms with E-state index in [0.29, 0.717) is 0 Å². The van der Waals surface area contributed by atoms with Gasteiger partial charge < -0.3 is 9.47 Å². The molecule has 4 aliphatic heterocycles. The molecule has 352 valence electrons. The molecular weight excluding hydrogens is 997 g/mol. The number of hydrogen-bond donors (Lipinski definition) is 0. The van der Waals surface area contributed by atoms with Gasteiger partial charge in [0.25, 0.3) is 0 Å². The SMILES string of the molecule is C[C@]12CC[C@]3(O1)c1nc4ccccc4nc1[C@]14CC[C@](C)(O1)C15c6c7c8c9c%10c%11c%12c%13c%14c(c%15c%16c1c1c6c6c8c8c%17c9c9c%11c%11c%12c%12c%14c%14c%15c%15c%16c%16c1c1c6c8c6c8c%17c9c9c%11c%11c%12c%14c%12c%15c%14c%16c1c6c1c%14c%12c%11c9c81)C54C%133C7%102. The smallest absolute Gasteiger partial charge is 0.125 e. The summed E-state index contributed by atoms with van der Waals surface area (Å²) in [5, 5.41) is 82.3. The van der Waals surface area contributed by atoms with Crippen molar-refractivity contribution in [3.63, 3.8) is 0 Å². The third-order valence-electron chi connectivity index (χ3n) is 32.0. The van der Waals surface area contributed by atoms with Crippen molar-refractivity contribution in [3.05, 3.63) is 69.0 Å². The second-order valence-electron chi connectivity index (χ2n) is 31.7. The van der Waals surface area contributed by atoms with Gasteiger partial charge in [-0.05, 0) is 354 Å². The molecule has 0 amide bonds. The first-order chi connectivity index (χ1) is 40.5. The van der Waals surface area contributed by atoms with Gasteiger partial charge in [0.05, 0.1) is 55.3 Å². The molecular formula is C78H18N2O2. The predicted octanol–water partition coefficient (Wildman–Crippen LogP) is 18.4. The van der Waals surface area contributed by atoms with Gasteiger partial charge in [-0.1, -0.05) is 12.1 Å². The summed E-state index contributed by atoms with van der Waals surface area (Å²) in [7, 11) is 0. The van der Waals surface area contributed by atoms with Crippen LogP contribution in [0.4, 0.5) is 0 Å². The molecule has 82 heavy (non-hydrogen) atoms. The molecule has 28 aromatic rings. The monoisotopic (exact) mass is 1010 g/mol. The maximum Gasteiger partial charge on any atom is 0.125 e. The van der Waals surface area contributed by atoms with Crippen LogP contribution in [0.2, 0.25) is 0 Å². The largest absolute Gasteiger partial charge is 0.360 e. The minimum absolute atomic E-state index is 0.545. The normalized spacial score (nSPS) is 34.3. The molecule has 27 aromatic carbocycles. The Kier molecular flexibility index (Phi) is 2.62. The molecule has 4 nitrogen and oxygen atoms in total. The summed E-state index contributed by atoms with van der Waals surface area (Å²) in [6, 6.07) is 8.93. The molecule has 0 N–H and O–H groups in total. The number of nitrogens with zero attached hydrogens (tertiary/aromatic N) is 2. The van der Waals surface area contributed by atoms with Gasteiger partial charge in [-0.15, -0.1) is 0 Å². The van der Waals surface area contributed by atoms with Crippen molar-refractivity contribution in [1.82, 2.24) is 9.97 Å². The number of hydrogen-bond acceptors (Lipinski definition) is 4. The molecule has 39 rings (SSSR count). The summed E-state index contributed by atoms with van der Waals surface area (Å²) in [6.45, 7) is 5.43. The van der Waals surface area contributed by atoms with Gasteiger partial charge in [0.2, 0.25) is 0 Å². The third-order valence-corrected chi connectivity index (χ3v) is 32.0. The summed E-state index contributed by atoms with van der Waals surface area (Å²) >= 11 is 0. The summed E-state index contributed by atoms with van der Waals surface area (Å²) in [5.41, 5.74) is 9.54. The first kappa shape index (κ1) is 31.4. The lowest BCUT2D eigenvalue weighted by molar-refractivity contribution is -0.149. The Hall–Kier alpha value is -8.80. The van der Waals surface area contributed by atoms with Gasteiger partial charge in [-0.3, -0.25) is 0 Å². The van der Waals surface area contributed by atoms with Gasteiger partial charge in [-0.25, -0.2) is 9.97 Å². The van der Waals surface area contributed by atoms with Crippen molar-refractivity contribution in [2.45, 2.75) is 83.6 Å². The van der Waals surface area contributed by atoms with Crippen LogP contribution in [-0.2, 0) is 42.3 Å². The summed E-state index contributed by atoms with van der Waals surface area (Å²) in [6.07, 6.45) is 3.87. The number of para-hydroxylation sites is 2. The Bertz CT molecular complexity index is 7990. The molecule has 4 unspecified atom stereocenters. The van der Waals surface area contributed by atoms with E-state index in [9.17, 15) is 0 Å². The number of ether oxygens (including phenoxy) is 2. The zero-order chi connectivity index (χ0) is 49.1. The number of fused-ring (bicyclic) bond motifs is 4. The highest BCUT2D eigenvalue weighted by Gasteiger charge is 3.05. The van der Waals surface area contributed by atoms with Crippen LogP contribution in [0.5, 0.6) is 0 Å². The van der Waals surface area contributed by atoms with Crippen molar-refractivity contribution in [3.8, 4) is 0 Å². The van der Waals surface area contributed by atoms with Gasteiger partial charge in [0.15, 0.2) is 0 Å². The quantitative estimate of drug-likeness (QED) is 0.142. The second-order valence-corrected chi connectivity index (χ2v) is 31.7. The predicted molar refractivity (Wildman–Crippen MR) is 329 cm³/mol. The molecule has 7 aliphatic carbocycles. The molecule has 4 fully saturated rings. The van der Waals surface area contributed by atoms with Crippen LogP contribution in [0.3, 0.4) is 0 Å². The fourth-order valence-electron chi connectivity index (χ4n) is 32.6. The first-order valence-electron chi connectivity index (χ1n) is 31.2. The van der Waals surface area contributed by atoms with Gasteiger partial charge in [0, 0.05) is 0 Å². The molecule has 8 atom stereocenters. The van der Waals surface area contributed by atoms with E-state index in [1.165, 1.54) is 0 Å². The van der Waals surface area contributed by atoms with Crippen LogP contribution in [0, 0.1) is 0 Å². The maximum atomic E-state index is 9.15. The highest BCUT2D eigenvalue weighted by Crippen LogP contribution is 3.02. The number of benzene rings is 18. The van der Waals surface area contributed by atoms with Crippen LogP contribution < -0.4 is 0 Å². The highest BCUT2D eigenvalue weighted by molar-refractivity contribution is 6.81. The van der Waals surface area contributed by atoms with Crippen molar-refractivity contribution in [2.75, 3.05) is 0 Å². The minimum atomic E-state index is -0.794. The van der Waals surface area contributed by atoms with E-state index in [4.69, 9.17) is 19.4 Å². The Labute approximate surface area is 449 Å². The van der Waals surface area contributed by atoms with E-state index in [0.717, 1.165) is 48.1 Å². The molecule has 1 aromatic heterocycles. The average Bonchev–Trinajstić information content (AvgIpc) is 1.32. The van der Waals surface area contributed by atoms with Gasteiger partial charge in [-0.2, -0.15) is 0 Å². The van der Waals surface area contributed by atoms with Crippen LogP contribution >= 0.6 is 0 Å². The summed E-state index contributed by atoms with van der Waals surface area (Å²) in [5.74, 6) is 0. The van der Waals surface area contributed by atoms with Crippen LogP contribution in [0.15, 0.2) is 24.3 Å². The fourth-order valence-corrected chi connectivity index (χ4v) is 32.6. The van der Waals surface area contributed by atoms with Crippen molar-refractivity contribution >= 4 is 280 Å². The molecule has 0 radical (unpaired) electrons. The zero-order valence-corrected chi connectivity index (χ0v) is 42.8. The van der Waals surface area contributed by atoms with Gasteiger partial charge >= 0.3 is 0 Å². The van der Waals surface area contributed by atoms with E-state index >= 15 is 0 Å². The van der Waals surface area contributed by atoms with Gasteiger partial charge in [0.1, 0.15) is 11.2 Å². The van der Waals surface area contributed by atoms with E-state index < -0.39 is 44.1 Å². The standard InChI is InChI=1S/C78H18N2O2/c1-71-7-9-73(81-71)69-70(80-12-6-4-3-5-11(12)79-69)74-10-8-72(2,82-74)76-64-55-48-40-31-23-16-14-13-15-17-18(16)25-29(23)42(48)50-44-33(25)32-24(17)28-22(15)30-26-19(13)21-20(14)27(31)36-38-34(21)37-35(26)45-39(30)47-41(28)49-43(32)53(44)62-65-58(49)54(47)63-56(45)60-51(37)52(38)61(57(64)46(36)40)68(76)67(60)75(63,71)77(65,73)78(74,76)66(62)59(50)55/h3-6H,7-10H2,1-2H3/t71-,72+,73-,74-,75?,76?,77?,78?/m0/s1. The molecule has 0 saturated carbocycles. The Morgan fingerprint density at radius 2 is 0.476 bits per heavy atom. The van der Waals surface area contributed by atoms with E-state index in [1.807, 2.05) is 0 Å². The Morgan fingerprint density at radius 3 is 0.744 bits per heavy atom. The maximum absolute atomic E-state index is 9.15. The Morgan fingerprint density at radius 1 is 0.256 bits per heavy atom. The lowest BCUT2D eigenvalue weighted by atomic mass is 9.21. The van der Waals surface area contributed by atoms with Crippen molar-refractivity contribution in [1.29, 1.82) is 0 Å². The third kappa shape index (κ3) is 1.55. The second kappa shape index (κ2) is 6.85. The molecule has 5 heterocycles. The van der Waals surface area contributed by atoms with Crippen molar-refractivity contribution in [2.24, 2.45) is 0 Å². The minimum Gasteiger partial charge on any atom is -0.360 e. The topological polar surface area (TPSA) is 44.2 Å². The number of rotatable bonds is 0. The fraction of sp³-hybridized carbons (Fsp3) is 0.179. The van der Waals surface area contributed by atoms with Crippen LogP contribution in [-0.4, -0.2) is 21.2 Å². The Balaban J connectivity index is 1.08. The highest BCUT2D eigenvalue weighted by atomic mass is 16.6. The average molecular weight is 1020 g/mol. The summed E-state index contributed by atoms with van der Waals surface area (Å²) in [4.78, 5) is 12.6. The van der Waals surface area contributed by atoms with E-state index in [1.54, 1.807) is 303 Å². The zero-order valence-electron chi connectivity index (χ0n) is 42.8. The van der Waals surface area contributed by atoms with E-state index in [-0.39, 0.29) is 0 Å². The lowest BCUT2D eigenvalue weighted by Crippen LogP contribution is -2.84. The lowest BCUT2D eigenvalue weighted by Gasteiger charge is -2.76. The van der Waals surface area contributed by atoms with Crippen molar-refractivity contribution < 1.29 is 9.47 Å². The van der Waals surface area contributed by atoms with Crippen LogP contribution in [0.25, 0.3) is 280 Å². The molecule has 6 spiro atoms. The van der Waals surface area contributed by atoms with Crippen LogP contribution in [0.1, 0.15) is 84.3 Å². The molecule has 11 aliphatic rings. The molecule has 4 saturated heterocycles. The molecule has 4 bridgehead atoms.